The Bertz CT molecular complexity index is 620. The van der Waals surface area contributed by atoms with E-state index >= 15 is 0 Å². The first-order valence-corrected chi connectivity index (χ1v) is 7.54. The number of hydrogen-bond acceptors (Lipinski definition) is 4. The van der Waals surface area contributed by atoms with Crippen LogP contribution in [0.25, 0.3) is 0 Å². The summed E-state index contributed by atoms with van der Waals surface area (Å²) >= 11 is 0. The molecule has 1 aromatic carbocycles. The largest absolute Gasteiger partial charge is 0.473 e. The van der Waals surface area contributed by atoms with Gasteiger partial charge in [0.15, 0.2) is 0 Å². The van der Waals surface area contributed by atoms with E-state index in [4.69, 9.17) is 4.74 Å². The highest BCUT2D eigenvalue weighted by Crippen LogP contribution is 2.18. The topological polar surface area (TPSA) is 55.3 Å². The number of carbonyl (C=O) groups is 1. The summed E-state index contributed by atoms with van der Waals surface area (Å²) in [6.45, 7) is 3.31. The molecule has 0 N–H and O–H groups in total. The molecule has 5 nitrogen and oxygen atoms in total. The number of amides is 1. The van der Waals surface area contributed by atoms with Crippen molar-refractivity contribution in [3.63, 3.8) is 0 Å². The molecule has 1 amide bonds. The Labute approximate surface area is 129 Å². The van der Waals surface area contributed by atoms with Crippen LogP contribution < -0.4 is 4.74 Å². The first-order valence-electron chi connectivity index (χ1n) is 7.54. The van der Waals surface area contributed by atoms with Crippen molar-refractivity contribution in [1.82, 2.24) is 15.1 Å². The molecule has 1 saturated heterocycles. The zero-order valence-electron chi connectivity index (χ0n) is 12.6. The second-order valence-electron chi connectivity index (χ2n) is 5.49. The molecule has 1 aromatic heterocycles. The van der Waals surface area contributed by atoms with Crippen LogP contribution in [0.4, 0.5) is 0 Å². The Kier molecular flexibility index (Phi) is 4.32. The standard InChI is InChI=1S/C17H19N3O2/c1-13-7-8-16(19-18-13)22-15-9-11-20(12-10-15)17(21)14-5-3-2-4-6-14/h2-8,15H,9-12H2,1H3. The molecule has 114 valence electrons. The fraction of sp³-hybridized carbons (Fsp3) is 0.353. The molecule has 1 aliphatic heterocycles. The molecule has 0 atom stereocenters. The van der Waals surface area contributed by atoms with E-state index in [0.29, 0.717) is 19.0 Å². The summed E-state index contributed by atoms with van der Waals surface area (Å²) in [7, 11) is 0. The molecule has 5 heteroatoms. The van der Waals surface area contributed by atoms with Crippen LogP contribution in [0.15, 0.2) is 42.5 Å². The number of benzene rings is 1. The highest BCUT2D eigenvalue weighted by Gasteiger charge is 2.24. The van der Waals surface area contributed by atoms with Crippen molar-refractivity contribution in [1.29, 1.82) is 0 Å². The SMILES string of the molecule is Cc1ccc(OC2CCN(C(=O)c3ccccc3)CC2)nn1. The van der Waals surface area contributed by atoms with Gasteiger partial charge < -0.3 is 9.64 Å². The van der Waals surface area contributed by atoms with Gasteiger partial charge >= 0.3 is 0 Å². The third-order valence-corrected chi connectivity index (χ3v) is 3.81. The van der Waals surface area contributed by atoms with Crippen molar-refractivity contribution in [2.45, 2.75) is 25.9 Å². The van der Waals surface area contributed by atoms with Crippen molar-refractivity contribution >= 4 is 5.91 Å². The van der Waals surface area contributed by atoms with Crippen molar-refractivity contribution < 1.29 is 9.53 Å². The van der Waals surface area contributed by atoms with Gasteiger partial charge in [-0.2, -0.15) is 5.10 Å². The van der Waals surface area contributed by atoms with Crippen molar-refractivity contribution in [3.05, 3.63) is 53.7 Å². The molecular weight excluding hydrogens is 278 g/mol. The quantitative estimate of drug-likeness (QED) is 0.873. The average Bonchev–Trinajstić information content (AvgIpc) is 2.58. The number of carbonyl (C=O) groups excluding carboxylic acids is 1. The van der Waals surface area contributed by atoms with E-state index in [2.05, 4.69) is 10.2 Å². The van der Waals surface area contributed by atoms with Crippen LogP contribution in [0.2, 0.25) is 0 Å². The second kappa shape index (κ2) is 6.56. The Morgan fingerprint density at radius 3 is 2.45 bits per heavy atom. The Balaban J connectivity index is 1.54. The number of piperidine rings is 1. The fourth-order valence-corrected chi connectivity index (χ4v) is 2.56. The summed E-state index contributed by atoms with van der Waals surface area (Å²) in [6, 6.07) is 13.1. The van der Waals surface area contributed by atoms with Gasteiger partial charge in [0.1, 0.15) is 6.10 Å². The molecule has 0 bridgehead atoms. The maximum Gasteiger partial charge on any atom is 0.253 e. The third-order valence-electron chi connectivity index (χ3n) is 3.81. The highest BCUT2D eigenvalue weighted by atomic mass is 16.5. The van der Waals surface area contributed by atoms with E-state index in [9.17, 15) is 4.79 Å². The lowest BCUT2D eigenvalue weighted by Gasteiger charge is -2.31. The summed E-state index contributed by atoms with van der Waals surface area (Å²) < 4.78 is 5.83. The average molecular weight is 297 g/mol. The Morgan fingerprint density at radius 2 is 1.82 bits per heavy atom. The summed E-state index contributed by atoms with van der Waals surface area (Å²) in [5.41, 5.74) is 1.61. The number of aromatic nitrogens is 2. The predicted molar refractivity (Wildman–Crippen MR) is 82.8 cm³/mol. The number of ether oxygens (including phenoxy) is 1. The van der Waals surface area contributed by atoms with Crippen LogP contribution in [0, 0.1) is 6.92 Å². The number of rotatable bonds is 3. The molecule has 0 saturated carbocycles. The molecule has 1 fully saturated rings. The number of nitrogens with zero attached hydrogens (tertiary/aromatic N) is 3. The molecule has 2 heterocycles. The van der Waals surface area contributed by atoms with Gasteiger partial charge in [-0.05, 0) is 25.1 Å². The lowest BCUT2D eigenvalue weighted by molar-refractivity contribution is 0.0586. The maximum atomic E-state index is 12.4. The molecule has 2 aromatic rings. The van der Waals surface area contributed by atoms with Gasteiger partial charge in [-0.3, -0.25) is 4.79 Å². The molecule has 3 rings (SSSR count). The number of hydrogen-bond donors (Lipinski definition) is 0. The lowest BCUT2D eigenvalue weighted by Crippen LogP contribution is -2.41. The van der Waals surface area contributed by atoms with Gasteiger partial charge in [-0.25, -0.2) is 0 Å². The van der Waals surface area contributed by atoms with E-state index in [1.54, 1.807) is 0 Å². The van der Waals surface area contributed by atoms with Crippen LogP contribution in [-0.4, -0.2) is 40.2 Å². The molecular formula is C17H19N3O2. The van der Waals surface area contributed by atoms with E-state index in [1.807, 2.05) is 54.3 Å². The van der Waals surface area contributed by atoms with Crippen molar-refractivity contribution in [2.75, 3.05) is 13.1 Å². The van der Waals surface area contributed by atoms with Crippen molar-refractivity contribution in [3.8, 4) is 5.88 Å². The third kappa shape index (κ3) is 3.42. The Morgan fingerprint density at radius 1 is 1.09 bits per heavy atom. The van der Waals surface area contributed by atoms with E-state index in [0.717, 1.165) is 24.1 Å². The molecule has 1 aliphatic rings. The lowest BCUT2D eigenvalue weighted by atomic mass is 10.1. The minimum absolute atomic E-state index is 0.0918. The number of aryl methyl sites for hydroxylation is 1. The monoisotopic (exact) mass is 297 g/mol. The van der Waals surface area contributed by atoms with E-state index in [1.165, 1.54) is 0 Å². The molecule has 0 unspecified atom stereocenters. The second-order valence-corrected chi connectivity index (χ2v) is 5.49. The zero-order valence-corrected chi connectivity index (χ0v) is 12.6. The first-order chi connectivity index (χ1) is 10.7. The summed E-state index contributed by atoms with van der Waals surface area (Å²) in [6.07, 6.45) is 1.72. The molecule has 0 aliphatic carbocycles. The van der Waals surface area contributed by atoms with Gasteiger partial charge in [0.2, 0.25) is 5.88 Å². The maximum absolute atomic E-state index is 12.4. The van der Waals surface area contributed by atoms with Gasteiger partial charge in [0, 0.05) is 37.6 Å². The number of likely N-dealkylation sites (tertiary alicyclic amines) is 1. The minimum Gasteiger partial charge on any atom is -0.473 e. The molecule has 0 spiro atoms. The minimum atomic E-state index is 0.0918. The van der Waals surface area contributed by atoms with Gasteiger partial charge in [-0.15, -0.1) is 5.10 Å². The molecule has 0 radical (unpaired) electrons. The predicted octanol–water partition coefficient (Wildman–Crippen LogP) is 2.47. The van der Waals surface area contributed by atoms with Gasteiger partial charge in [-0.1, -0.05) is 18.2 Å². The van der Waals surface area contributed by atoms with Crippen LogP contribution in [0.5, 0.6) is 5.88 Å². The normalized spacial score (nSPS) is 15.6. The van der Waals surface area contributed by atoms with Crippen molar-refractivity contribution in [2.24, 2.45) is 0 Å². The van der Waals surface area contributed by atoms with Crippen LogP contribution >= 0.6 is 0 Å². The summed E-state index contributed by atoms with van der Waals surface area (Å²) in [5.74, 6) is 0.646. The van der Waals surface area contributed by atoms with Crippen LogP contribution in [0.3, 0.4) is 0 Å². The van der Waals surface area contributed by atoms with E-state index in [-0.39, 0.29) is 12.0 Å². The zero-order chi connectivity index (χ0) is 15.4. The molecule has 22 heavy (non-hydrogen) atoms. The van der Waals surface area contributed by atoms with E-state index < -0.39 is 0 Å². The fourth-order valence-electron chi connectivity index (χ4n) is 2.56. The highest BCUT2D eigenvalue weighted by molar-refractivity contribution is 5.94. The summed E-state index contributed by atoms with van der Waals surface area (Å²) in [5, 5.41) is 8.01. The van der Waals surface area contributed by atoms with Crippen LogP contribution in [-0.2, 0) is 0 Å². The van der Waals surface area contributed by atoms with Crippen LogP contribution in [0.1, 0.15) is 28.9 Å². The first kappa shape index (κ1) is 14.5. The van der Waals surface area contributed by atoms with Gasteiger partial charge in [0.25, 0.3) is 5.91 Å². The summed E-state index contributed by atoms with van der Waals surface area (Å²) in [4.78, 5) is 14.2. The van der Waals surface area contributed by atoms with Gasteiger partial charge in [0.05, 0.1) is 5.69 Å². The smallest absolute Gasteiger partial charge is 0.253 e. The Hall–Kier alpha value is -2.43.